The highest BCUT2D eigenvalue weighted by atomic mass is 16.6. The van der Waals surface area contributed by atoms with E-state index in [2.05, 4.69) is 4.98 Å². The van der Waals surface area contributed by atoms with Gasteiger partial charge in [-0.15, -0.1) is 0 Å². The second kappa shape index (κ2) is 6.88. The van der Waals surface area contributed by atoms with Gasteiger partial charge < -0.3 is 4.42 Å². The van der Waals surface area contributed by atoms with E-state index >= 15 is 0 Å². The summed E-state index contributed by atoms with van der Waals surface area (Å²) in [6.07, 6.45) is 1.55. The van der Waals surface area contributed by atoms with E-state index in [1.165, 1.54) is 17.0 Å². The van der Waals surface area contributed by atoms with Crippen LogP contribution in [0.5, 0.6) is 0 Å². The van der Waals surface area contributed by atoms with E-state index in [0.29, 0.717) is 22.4 Å². The van der Waals surface area contributed by atoms with E-state index in [0.717, 1.165) is 5.56 Å². The Bertz CT molecular complexity index is 1410. The average molecular weight is 413 g/mol. The van der Waals surface area contributed by atoms with E-state index in [1.54, 1.807) is 54.7 Å². The first-order chi connectivity index (χ1) is 15.0. The highest BCUT2D eigenvalue weighted by molar-refractivity contribution is 6.10. The van der Waals surface area contributed by atoms with E-state index in [4.69, 9.17) is 4.42 Å². The fraction of sp³-hybridized carbons (Fsp3) is 0.0870. The number of anilines is 1. The number of nitro groups is 1. The van der Waals surface area contributed by atoms with Crippen LogP contribution in [-0.4, -0.2) is 15.8 Å². The zero-order chi connectivity index (χ0) is 21.7. The molecule has 0 N–H and O–H groups in total. The number of aromatic nitrogens is 1. The quantitative estimate of drug-likeness (QED) is 0.369. The molecule has 1 amide bonds. The SMILES string of the molecule is Cc1ccc2oc3c(c(=O)c2c1)[C@@H](c1ccc([N+](=O)[O-])cc1)N(c1ccccn1)C3=O. The molecule has 0 spiro atoms. The topological polar surface area (TPSA) is 107 Å². The molecule has 0 bridgehead atoms. The molecule has 4 aromatic rings. The van der Waals surface area contributed by atoms with Gasteiger partial charge in [0.15, 0.2) is 5.43 Å². The lowest BCUT2D eigenvalue weighted by Crippen LogP contribution is -2.30. The number of hydrogen-bond acceptors (Lipinski definition) is 6. The zero-order valence-corrected chi connectivity index (χ0v) is 16.3. The van der Waals surface area contributed by atoms with Crippen LogP contribution in [0.15, 0.2) is 76.1 Å². The Morgan fingerprint density at radius 1 is 1.06 bits per heavy atom. The summed E-state index contributed by atoms with van der Waals surface area (Å²) < 4.78 is 5.89. The molecule has 31 heavy (non-hydrogen) atoms. The van der Waals surface area contributed by atoms with Crippen LogP contribution in [-0.2, 0) is 0 Å². The van der Waals surface area contributed by atoms with Gasteiger partial charge in [-0.25, -0.2) is 4.98 Å². The Morgan fingerprint density at radius 3 is 2.52 bits per heavy atom. The number of carbonyl (C=O) groups is 1. The van der Waals surface area contributed by atoms with Gasteiger partial charge in [-0.2, -0.15) is 0 Å². The van der Waals surface area contributed by atoms with E-state index in [9.17, 15) is 19.7 Å². The number of aryl methyl sites for hydroxylation is 1. The molecule has 0 fully saturated rings. The van der Waals surface area contributed by atoms with Gasteiger partial charge in [0.05, 0.1) is 21.9 Å². The van der Waals surface area contributed by atoms with E-state index in [1.807, 2.05) is 6.92 Å². The summed E-state index contributed by atoms with van der Waals surface area (Å²) in [6.45, 7) is 1.87. The van der Waals surface area contributed by atoms with Crippen molar-refractivity contribution in [2.45, 2.75) is 13.0 Å². The Labute approximate surface area is 175 Å². The van der Waals surface area contributed by atoms with Gasteiger partial charge in [-0.05, 0) is 48.9 Å². The lowest BCUT2D eigenvalue weighted by Gasteiger charge is -2.24. The Hall–Kier alpha value is -4.33. The number of nitrogens with zero attached hydrogens (tertiary/aromatic N) is 3. The van der Waals surface area contributed by atoms with Crippen LogP contribution in [0.1, 0.15) is 33.3 Å². The monoisotopic (exact) mass is 413 g/mol. The Morgan fingerprint density at radius 2 is 1.84 bits per heavy atom. The molecule has 1 aliphatic heterocycles. The Kier molecular flexibility index (Phi) is 4.14. The Balaban J connectivity index is 1.79. The zero-order valence-electron chi connectivity index (χ0n) is 16.3. The number of amides is 1. The molecule has 3 heterocycles. The van der Waals surface area contributed by atoms with E-state index in [-0.39, 0.29) is 22.4 Å². The summed E-state index contributed by atoms with van der Waals surface area (Å²) in [6, 6.07) is 15.3. The molecule has 152 valence electrons. The number of rotatable bonds is 3. The van der Waals surface area contributed by atoms with Crippen molar-refractivity contribution in [2.75, 3.05) is 4.90 Å². The van der Waals surface area contributed by atoms with Crippen molar-refractivity contribution < 1.29 is 14.1 Å². The number of benzene rings is 2. The molecule has 0 unspecified atom stereocenters. The summed E-state index contributed by atoms with van der Waals surface area (Å²) in [4.78, 5) is 43.1. The largest absolute Gasteiger partial charge is 0.450 e. The van der Waals surface area contributed by atoms with Crippen LogP contribution in [0.4, 0.5) is 11.5 Å². The normalized spacial score (nSPS) is 15.3. The molecule has 0 saturated carbocycles. The van der Waals surface area contributed by atoms with E-state index < -0.39 is 16.9 Å². The summed E-state index contributed by atoms with van der Waals surface area (Å²) in [5.74, 6) is -0.186. The molecule has 0 radical (unpaired) electrons. The summed E-state index contributed by atoms with van der Waals surface area (Å²) in [5, 5.41) is 11.4. The third-order valence-electron chi connectivity index (χ3n) is 5.34. The maximum atomic E-state index is 13.5. The first-order valence-electron chi connectivity index (χ1n) is 9.52. The van der Waals surface area contributed by atoms with Crippen LogP contribution in [0, 0.1) is 17.0 Å². The molecular weight excluding hydrogens is 398 g/mol. The van der Waals surface area contributed by atoms with Crippen molar-refractivity contribution in [1.29, 1.82) is 0 Å². The third kappa shape index (κ3) is 2.88. The summed E-state index contributed by atoms with van der Waals surface area (Å²) in [5.41, 5.74) is 1.56. The number of nitro benzene ring substituents is 1. The molecule has 5 rings (SSSR count). The van der Waals surface area contributed by atoms with Gasteiger partial charge in [0, 0.05) is 18.3 Å². The third-order valence-corrected chi connectivity index (χ3v) is 5.34. The van der Waals surface area contributed by atoms with Gasteiger partial charge in [0.1, 0.15) is 11.4 Å². The van der Waals surface area contributed by atoms with Crippen molar-refractivity contribution in [1.82, 2.24) is 4.98 Å². The second-order valence-electron chi connectivity index (χ2n) is 7.29. The van der Waals surface area contributed by atoms with Crippen LogP contribution in [0.3, 0.4) is 0 Å². The minimum Gasteiger partial charge on any atom is -0.450 e. The first kappa shape index (κ1) is 18.7. The van der Waals surface area contributed by atoms with Gasteiger partial charge in [-0.1, -0.05) is 17.7 Å². The minimum atomic E-state index is -0.820. The molecule has 2 aromatic heterocycles. The lowest BCUT2D eigenvalue weighted by molar-refractivity contribution is -0.384. The number of hydrogen-bond donors (Lipinski definition) is 0. The van der Waals surface area contributed by atoms with Crippen LogP contribution >= 0.6 is 0 Å². The first-order valence-corrected chi connectivity index (χ1v) is 9.52. The maximum absolute atomic E-state index is 13.5. The number of pyridine rings is 1. The predicted molar refractivity (Wildman–Crippen MR) is 113 cm³/mol. The van der Waals surface area contributed by atoms with Gasteiger partial charge in [0.25, 0.3) is 11.6 Å². The fourth-order valence-electron chi connectivity index (χ4n) is 3.91. The minimum absolute atomic E-state index is 0.0460. The number of carbonyl (C=O) groups excluding carboxylic acids is 1. The molecule has 0 saturated heterocycles. The smallest absolute Gasteiger partial charge is 0.296 e. The number of non-ortho nitro benzene ring substituents is 1. The standard InChI is InChI=1S/C23H15N3O5/c1-13-5-10-17-16(12-13)21(27)19-20(14-6-8-15(9-7-14)26(29)30)25(23(28)22(19)31-17)18-4-2-3-11-24-18/h2-12,20H,1H3/t20-/m1/s1. The lowest BCUT2D eigenvalue weighted by atomic mass is 9.98. The van der Waals surface area contributed by atoms with Crippen molar-refractivity contribution in [3.63, 3.8) is 0 Å². The molecule has 0 aliphatic carbocycles. The van der Waals surface area contributed by atoms with Gasteiger partial charge >= 0.3 is 0 Å². The van der Waals surface area contributed by atoms with Crippen molar-refractivity contribution in [3.05, 3.63) is 110 Å². The summed E-state index contributed by atoms with van der Waals surface area (Å²) in [7, 11) is 0. The highest BCUT2D eigenvalue weighted by Crippen LogP contribution is 2.40. The summed E-state index contributed by atoms with van der Waals surface area (Å²) >= 11 is 0. The fourth-order valence-corrected chi connectivity index (χ4v) is 3.91. The molecule has 8 heteroatoms. The average Bonchev–Trinajstić information content (AvgIpc) is 3.07. The highest BCUT2D eigenvalue weighted by Gasteiger charge is 2.44. The maximum Gasteiger partial charge on any atom is 0.296 e. The van der Waals surface area contributed by atoms with Crippen LogP contribution < -0.4 is 10.3 Å². The van der Waals surface area contributed by atoms with Gasteiger partial charge in [-0.3, -0.25) is 24.6 Å². The molecule has 2 aromatic carbocycles. The predicted octanol–water partition coefficient (Wildman–Crippen LogP) is 4.15. The second-order valence-corrected chi connectivity index (χ2v) is 7.29. The van der Waals surface area contributed by atoms with Crippen LogP contribution in [0.2, 0.25) is 0 Å². The van der Waals surface area contributed by atoms with Crippen molar-refractivity contribution >= 4 is 28.4 Å². The molecule has 1 atom stereocenters. The van der Waals surface area contributed by atoms with Crippen molar-refractivity contribution in [2.24, 2.45) is 0 Å². The van der Waals surface area contributed by atoms with Gasteiger partial charge in [0.2, 0.25) is 5.76 Å². The number of fused-ring (bicyclic) bond motifs is 2. The van der Waals surface area contributed by atoms with Crippen molar-refractivity contribution in [3.8, 4) is 0 Å². The molecule has 1 aliphatic rings. The molecular formula is C23H15N3O5. The van der Waals surface area contributed by atoms with Crippen LogP contribution in [0.25, 0.3) is 11.0 Å². The molecule has 8 nitrogen and oxygen atoms in total.